The van der Waals surface area contributed by atoms with Crippen LogP contribution in [0.1, 0.15) is 19.1 Å². The van der Waals surface area contributed by atoms with Crippen molar-refractivity contribution in [2.75, 3.05) is 31.1 Å². The fourth-order valence-corrected chi connectivity index (χ4v) is 3.08. The normalized spacial score (nSPS) is 16.9. The molecule has 0 saturated carbocycles. The molecular weight excluding hydrogens is 465 g/mol. The Morgan fingerprint density at radius 1 is 1.33 bits per heavy atom. The van der Waals surface area contributed by atoms with E-state index in [1.54, 1.807) is 6.26 Å². The number of hydrogen-bond acceptors (Lipinski definition) is 3. The molecule has 5 nitrogen and oxygen atoms in total. The predicted octanol–water partition coefficient (Wildman–Crippen LogP) is 3.55. The maximum absolute atomic E-state index is 14.0. The van der Waals surface area contributed by atoms with Gasteiger partial charge in [0, 0.05) is 44.7 Å². The Kier molecular flexibility index (Phi) is 8.33. The Morgan fingerprint density at radius 2 is 2.19 bits per heavy atom. The molecule has 0 bridgehead atoms. The van der Waals surface area contributed by atoms with Crippen LogP contribution in [0.25, 0.3) is 0 Å². The molecule has 1 atom stereocenters. The summed E-state index contributed by atoms with van der Waals surface area (Å²) in [5, 5.41) is 6.63. The highest BCUT2D eigenvalue weighted by atomic mass is 127. The van der Waals surface area contributed by atoms with Crippen molar-refractivity contribution in [2.24, 2.45) is 4.99 Å². The molecule has 0 radical (unpaired) electrons. The van der Waals surface area contributed by atoms with Crippen molar-refractivity contribution in [2.45, 2.75) is 25.8 Å². The van der Waals surface area contributed by atoms with Gasteiger partial charge in [-0.25, -0.2) is 8.78 Å². The summed E-state index contributed by atoms with van der Waals surface area (Å²) in [5.74, 6) is 0.567. The molecule has 1 aromatic heterocycles. The lowest BCUT2D eigenvalue weighted by atomic mass is 10.2. The summed E-state index contributed by atoms with van der Waals surface area (Å²) in [4.78, 5) is 6.50. The van der Waals surface area contributed by atoms with Gasteiger partial charge in [0.15, 0.2) is 5.96 Å². The minimum atomic E-state index is -0.557. The first-order chi connectivity index (χ1) is 12.7. The van der Waals surface area contributed by atoms with E-state index in [2.05, 4.69) is 15.6 Å². The van der Waals surface area contributed by atoms with Crippen LogP contribution in [0.4, 0.5) is 14.5 Å². The third kappa shape index (κ3) is 6.08. The molecule has 1 aliphatic rings. The van der Waals surface area contributed by atoms with Crippen molar-refractivity contribution in [3.63, 3.8) is 0 Å². The first kappa shape index (κ1) is 21.5. The summed E-state index contributed by atoms with van der Waals surface area (Å²) < 4.78 is 32.4. The molecular formula is C19H25F2IN4O. The van der Waals surface area contributed by atoms with Crippen LogP contribution in [-0.2, 0) is 6.42 Å². The highest BCUT2D eigenvalue weighted by molar-refractivity contribution is 14.0. The fourth-order valence-electron chi connectivity index (χ4n) is 3.08. The molecule has 2 N–H and O–H groups in total. The van der Waals surface area contributed by atoms with Crippen LogP contribution in [0.5, 0.6) is 0 Å². The quantitative estimate of drug-likeness (QED) is 0.370. The third-order valence-electron chi connectivity index (χ3n) is 4.33. The number of guanidine groups is 1. The van der Waals surface area contributed by atoms with Crippen molar-refractivity contribution in [3.8, 4) is 0 Å². The van der Waals surface area contributed by atoms with Gasteiger partial charge in [0.2, 0.25) is 0 Å². The van der Waals surface area contributed by atoms with Crippen molar-refractivity contribution in [3.05, 3.63) is 54.0 Å². The molecule has 0 spiro atoms. The first-order valence-corrected chi connectivity index (χ1v) is 8.93. The summed E-state index contributed by atoms with van der Waals surface area (Å²) in [5.41, 5.74) is 0.440. The topological polar surface area (TPSA) is 52.8 Å². The number of nitrogens with zero attached hydrogens (tertiary/aromatic N) is 2. The van der Waals surface area contributed by atoms with Gasteiger partial charge in [-0.1, -0.05) is 0 Å². The van der Waals surface area contributed by atoms with E-state index >= 15 is 0 Å². The van der Waals surface area contributed by atoms with E-state index in [1.165, 1.54) is 12.1 Å². The molecule has 1 saturated heterocycles. The molecule has 0 aliphatic carbocycles. The summed E-state index contributed by atoms with van der Waals surface area (Å²) in [6.07, 6.45) is 3.25. The van der Waals surface area contributed by atoms with Crippen LogP contribution in [-0.4, -0.2) is 38.2 Å². The third-order valence-corrected chi connectivity index (χ3v) is 4.33. The Labute approximate surface area is 175 Å². The molecule has 3 rings (SSSR count). The van der Waals surface area contributed by atoms with Gasteiger partial charge in [0.05, 0.1) is 12.0 Å². The lowest BCUT2D eigenvalue weighted by Gasteiger charge is -2.21. The fraction of sp³-hybridized carbons (Fsp3) is 0.421. The summed E-state index contributed by atoms with van der Waals surface area (Å²) >= 11 is 0. The molecule has 27 heavy (non-hydrogen) atoms. The SMILES string of the molecule is CCNC(=NCCc1ccco1)NC1CCN(c2ccc(F)cc2F)C1.I. The average molecular weight is 490 g/mol. The minimum Gasteiger partial charge on any atom is -0.469 e. The molecule has 2 heterocycles. The Morgan fingerprint density at radius 3 is 2.89 bits per heavy atom. The summed E-state index contributed by atoms with van der Waals surface area (Å²) in [6.45, 7) is 4.75. The molecule has 8 heteroatoms. The van der Waals surface area contributed by atoms with E-state index < -0.39 is 11.6 Å². The minimum absolute atomic E-state index is 0. The summed E-state index contributed by atoms with van der Waals surface area (Å²) in [7, 11) is 0. The van der Waals surface area contributed by atoms with E-state index in [0.717, 1.165) is 37.2 Å². The monoisotopic (exact) mass is 490 g/mol. The lowest BCUT2D eigenvalue weighted by molar-refractivity contribution is 0.510. The lowest BCUT2D eigenvalue weighted by Crippen LogP contribution is -2.44. The first-order valence-electron chi connectivity index (χ1n) is 8.93. The molecule has 1 fully saturated rings. The Balaban J connectivity index is 0.00000261. The van der Waals surface area contributed by atoms with Crippen molar-refractivity contribution < 1.29 is 13.2 Å². The Hall–Kier alpha value is -1.84. The van der Waals surface area contributed by atoms with Crippen LogP contribution in [0.2, 0.25) is 0 Å². The van der Waals surface area contributed by atoms with Crippen LogP contribution in [0.3, 0.4) is 0 Å². The van der Waals surface area contributed by atoms with Crippen LogP contribution < -0.4 is 15.5 Å². The maximum Gasteiger partial charge on any atom is 0.191 e. The highest BCUT2D eigenvalue weighted by Crippen LogP contribution is 2.24. The van der Waals surface area contributed by atoms with E-state index in [-0.39, 0.29) is 30.0 Å². The van der Waals surface area contributed by atoms with E-state index in [9.17, 15) is 8.78 Å². The molecule has 1 aromatic carbocycles. The van der Waals surface area contributed by atoms with Crippen molar-refractivity contribution in [1.82, 2.24) is 10.6 Å². The summed E-state index contributed by atoms with van der Waals surface area (Å²) in [6, 6.07) is 7.66. The standard InChI is InChI=1S/C19H24F2N4O.HI/c1-2-22-19(23-9-7-16-4-3-11-26-16)24-15-8-10-25(13-15)18-6-5-14(20)12-17(18)21;/h3-6,11-12,15H,2,7-10,13H2,1H3,(H2,22,23,24);1H. The molecule has 2 aromatic rings. The number of rotatable bonds is 6. The number of halogens is 3. The zero-order valence-corrected chi connectivity index (χ0v) is 17.6. The second-order valence-electron chi connectivity index (χ2n) is 6.26. The predicted molar refractivity (Wildman–Crippen MR) is 114 cm³/mol. The average Bonchev–Trinajstić information content (AvgIpc) is 3.27. The van der Waals surface area contributed by atoms with Crippen LogP contribution in [0, 0.1) is 11.6 Å². The van der Waals surface area contributed by atoms with Crippen molar-refractivity contribution in [1.29, 1.82) is 0 Å². The molecule has 1 aliphatic heterocycles. The van der Waals surface area contributed by atoms with Gasteiger partial charge in [0.1, 0.15) is 17.4 Å². The van der Waals surface area contributed by atoms with Gasteiger partial charge >= 0.3 is 0 Å². The number of aliphatic imine (C=N–C) groups is 1. The number of nitrogens with one attached hydrogen (secondary N) is 2. The largest absolute Gasteiger partial charge is 0.469 e. The van der Waals surface area contributed by atoms with E-state index in [1.807, 2.05) is 24.0 Å². The van der Waals surface area contributed by atoms with E-state index in [4.69, 9.17) is 4.42 Å². The number of benzene rings is 1. The van der Waals surface area contributed by atoms with Crippen molar-refractivity contribution >= 4 is 35.6 Å². The molecule has 0 amide bonds. The van der Waals surface area contributed by atoms with E-state index in [0.29, 0.717) is 25.3 Å². The van der Waals surface area contributed by atoms with Gasteiger partial charge in [-0.15, -0.1) is 24.0 Å². The highest BCUT2D eigenvalue weighted by Gasteiger charge is 2.25. The number of hydrogen-bond donors (Lipinski definition) is 2. The maximum atomic E-state index is 14.0. The van der Waals surface area contributed by atoms with Gasteiger partial charge in [-0.2, -0.15) is 0 Å². The Bertz CT molecular complexity index is 739. The number of furan rings is 1. The zero-order valence-electron chi connectivity index (χ0n) is 15.3. The molecule has 148 valence electrons. The zero-order chi connectivity index (χ0) is 18.4. The number of anilines is 1. The van der Waals surface area contributed by atoms with Gasteiger partial charge in [-0.05, 0) is 37.6 Å². The van der Waals surface area contributed by atoms with Gasteiger partial charge in [0.25, 0.3) is 0 Å². The smallest absolute Gasteiger partial charge is 0.191 e. The second-order valence-corrected chi connectivity index (χ2v) is 6.26. The second kappa shape index (κ2) is 10.5. The van der Waals surface area contributed by atoms with Gasteiger partial charge < -0.3 is 20.0 Å². The van der Waals surface area contributed by atoms with Crippen LogP contribution in [0.15, 0.2) is 46.0 Å². The van der Waals surface area contributed by atoms with Crippen LogP contribution >= 0.6 is 24.0 Å². The molecule has 1 unspecified atom stereocenters. The van der Waals surface area contributed by atoms with Gasteiger partial charge in [-0.3, -0.25) is 4.99 Å².